The molecule has 0 heterocycles. The Balaban J connectivity index is 4.57. The van der Waals surface area contributed by atoms with Crippen molar-refractivity contribution in [2.45, 2.75) is 142 Å². The molecule has 0 saturated heterocycles. The van der Waals surface area contributed by atoms with Gasteiger partial charge in [0.05, 0.1) is 34.4 Å². The second-order valence-corrected chi connectivity index (χ2v) is 15.9. The van der Waals surface area contributed by atoms with Crippen LogP contribution < -0.4 is 0 Å². The molecule has 0 amide bonds. The number of allylic oxidation sites excluding steroid dienone is 24. The molecular weight excluding hydrogens is 787 g/mol. The lowest BCUT2D eigenvalue weighted by molar-refractivity contribution is -0.887. The van der Waals surface area contributed by atoms with Crippen LogP contribution in [0.15, 0.2) is 146 Å². The Bertz CT molecular complexity index is 1530. The molecule has 63 heavy (non-hydrogen) atoms. The number of esters is 2. The van der Waals surface area contributed by atoms with Crippen molar-refractivity contribution < 1.29 is 38.2 Å². The Labute approximate surface area is 383 Å². The number of unbranched alkanes of at least 4 members (excludes halogenated alkanes) is 1. The lowest BCUT2D eigenvalue weighted by Crippen LogP contribution is -2.50. The van der Waals surface area contributed by atoms with Gasteiger partial charge in [-0.1, -0.05) is 160 Å². The third kappa shape index (κ3) is 42.3. The fourth-order valence-electron chi connectivity index (χ4n) is 5.72. The SMILES string of the molecule is CC/C=C/C/C=C/C/C=C/C/C=C/C/C=C/C/C=C/CCCC(=O)OCC(COCCC(C(=O)O)[N+](C)(C)C)OC(=O)CC/C=C/C/C=C/C/C=C/C/C=C/C/C=C/C/C=C/CC. The number of quaternary nitrogens is 1. The maximum atomic E-state index is 12.7. The van der Waals surface area contributed by atoms with E-state index >= 15 is 0 Å². The molecule has 0 aromatic heterocycles. The van der Waals surface area contributed by atoms with E-state index in [4.69, 9.17) is 14.2 Å². The summed E-state index contributed by atoms with van der Waals surface area (Å²) >= 11 is 0. The van der Waals surface area contributed by atoms with Crippen LogP contribution in [0.1, 0.15) is 129 Å². The first-order valence-electron chi connectivity index (χ1n) is 23.4. The zero-order valence-electron chi connectivity index (χ0n) is 39.7. The van der Waals surface area contributed by atoms with Crippen LogP contribution in [0.2, 0.25) is 0 Å². The van der Waals surface area contributed by atoms with Gasteiger partial charge in [0.15, 0.2) is 12.1 Å². The van der Waals surface area contributed by atoms with Gasteiger partial charge in [0.25, 0.3) is 0 Å². The third-order valence-corrected chi connectivity index (χ3v) is 9.25. The summed E-state index contributed by atoms with van der Waals surface area (Å²) in [6.07, 6.45) is 64.9. The van der Waals surface area contributed by atoms with E-state index in [0.717, 1.165) is 83.5 Å². The maximum Gasteiger partial charge on any atom is 0.362 e. The van der Waals surface area contributed by atoms with Crippen LogP contribution in [0.3, 0.4) is 0 Å². The zero-order valence-corrected chi connectivity index (χ0v) is 39.7. The van der Waals surface area contributed by atoms with Gasteiger partial charge in [0.2, 0.25) is 0 Å². The quantitative estimate of drug-likeness (QED) is 0.0284. The number of carbonyl (C=O) groups is 3. The number of rotatable bonds is 39. The summed E-state index contributed by atoms with van der Waals surface area (Å²) in [5, 5.41) is 9.63. The number of carboxylic acids is 1. The summed E-state index contributed by atoms with van der Waals surface area (Å²) in [4.78, 5) is 37.0. The van der Waals surface area contributed by atoms with Gasteiger partial charge in [-0.25, -0.2) is 4.79 Å². The van der Waals surface area contributed by atoms with Gasteiger partial charge in [-0.2, -0.15) is 0 Å². The second-order valence-electron chi connectivity index (χ2n) is 15.9. The Morgan fingerprint density at radius 2 is 0.841 bits per heavy atom. The minimum absolute atomic E-state index is 0.000944. The number of ether oxygens (including phenoxy) is 3. The lowest BCUT2D eigenvalue weighted by Gasteiger charge is -2.31. The van der Waals surface area contributed by atoms with Gasteiger partial charge >= 0.3 is 17.9 Å². The van der Waals surface area contributed by atoms with Crippen LogP contribution in [0.4, 0.5) is 0 Å². The van der Waals surface area contributed by atoms with E-state index in [2.05, 4.69) is 148 Å². The predicted molar refractivity (Wildman–Crippen MR) is 265 cm³/mol. The molecule has 350 valence electrons. The van der Waals surface area contributed by atoms with Crippen molar-refractivity contribution in [2.75, 3.05) is 41.0 Å². The lowest BCUT2D eigenvalue weighted by atomic mass is 10.1. The van der Waals surface area contributed by atoms with Crippen LogP contribution in [-0.2, 0) is 28.6 Å². The van der Waals surface area contributed by atoms with Crippen molar-refractivity contribution in [3.8, 4) is 0 Å². The minimum atomic E-state index is -0.901. The normalized spacial score (nSPS) is 14.2. The Morgan fingerprint density at radius 1 is 0.476 bits per heavy atom. The number of hydrogen-bond donors (Lipinski definition) is 1. The first-order valence-corrected chi connectivity index (χ1v) is 23.4. The standard InChI is InChI=1S/C55H83NO7/c1-6-8-10-12-14-16-18-20-22-24-26-28-29-31-33-35-37-39-41-43-45-53(57)62-50-51(49-61-48-47-52(55(59)60)56(3,4)5)63-54(58)46-44-42-40-38-36-34-32-30-27-25-23-21-19-17-15-13-11-9-7-2/h8-11,14-17,20-23,26-28,30-31,33-34,36-37,39-40,42,51-52H,6-7,12-13,18-19,24-25,29,32,35,38,41,43-50H2,1-5H3/p+1/b10-8+,11-9+,16-14+,17-15+,22-20+,23-21+,28-26+,30-27+,33-31+,36-34+,39-37+,42-40+. The monoisotopic (exact) mass is 871 g/mol. The molecule has 0 radical (unpaired) electrons. The number of hydrogen-bond acceptors (Lipinski definition) is 6. The molecule has 0 fully saturated rings. The zero-order chi connectivity index (χ0) is 46.3. The molecule has 8 heteroatoms. The molecule has 0 aromatic carbocycles. The second kappa shape index (κ2) is 43.8. The van der Waals surface area contributed by atoms with E-state index in [-0.39, 0.29) is 49.5 Å². The van der Waals surface area contributed by atoms with Crippen LogP contribution in [0.5, 0.6) is 0 Å². The summed E-state index contributed by atoms with van der Waals surface area (Å²) in [6, 6.07) is -0.647. The molecule has 8 nitrogen and oxygen atoms in total. The van der Waals surface area contributed by atoms with Crippen LogP contribution in [0.25, 0.3) is 0 Å². The van der Waals surface area contributed by atoms with Gasteiger partial charge in [-0.3, -0.25) is 9.59 Å². The summed E-state index contributed by atoms with van der Waals surface area (Å²) in [5.41, 5.74) is 0. The number of aliphatic carboxylic acids is 1. The molecule has 1 N–H and O–H groups in total. The molecule has 0 saturated carbocycles. The van der Waals surface area contributed by atoms with Crippen LogP contribution >= 0.6 is 0 Å². The van der Waals surface area contributed by atoms with Crippen molar-refractivity contribution in [1.82, 2.24) is 0 Å². The number of likely N-dealkylation sites (N-methyl/N-ethyl adjacent to an activating group) is 1. The molecule has 0 aliphatic rings. The summed E-state index contributed by atoms with van der Waals surface area (Å²) in [5.74, 6) is -1.68. The molecule has 0 bridgehead atoms. The Hall–Kier alpha value is -4.79. The van der Waals surface area contributed by atoms with E-state index in [0.29, 0.717) is 12.8 Å². The predicted octanol–water partition coefficient (Wildman–Crippen LogP) is 13.4. The largest absolute Gasteiger partial charge is 0.477 e. The fourth-order valence-corrected chi connectivity index (χ4v) is 5.72. The molecule has 2 atom stereocenters. The Morgan fingerprint density at radius 3 is 1.21 bits per heavy atom. The first-order chi connectivity index (χ1) is 30.6. The molecule has 0 rings (SSSR count). The van der Waals surface area contributed by atoms with Crippen molar-refractivity contribution in [1.29, 1.82) is 0 Å². The minimum Gasteiger partial charge on any atom is -0.477 e. The Kier molecular flexibility index (Phi) is 40.5. The van der Waals surface area contributed by atoms with Gasteiger partial charge < -0.3 is 23.8 Å². The average molecular weight is 871 g/mol. The number of carboxylic acid groups (broad SMARTS) is 1. The summed E-state index contributed by atoms with van der Waals surface area (Å²) in [6.45, 7) is 4.33. The first kappa shape index (κ1) is 58.2. The van der Waals surface area contributed by atoms with Crippen molar-refractivity contribution >= 4 is 17.9 Å². The molecule has 0 aliphatic heterocycles. The van der Waals surface area contributed by atoms with Crippen LogP contribution in [-0.4, -0.2) is 80.6 Å². The highest BCUT2D eigenvalue weighted by Crippen LogP contribution is 2.10. The summed E-state index contributed by atoms with van der Waals surface area (Å²) in [7, 11) is 5.47. The maximum absolute atomic E-state index is 12.7. The molecule has 2 unspecified atom stereocenters. The van der Waals surface area contributed by atoms with E-state index in [9.17, 15) is 19.5 Å². The highest BCUT2D eigenvalue weighted by molar-refractivity contribution is 5.72. The van der Waals surface area contributed by atoms with E-state index in [1.807, 2.05) is 33.3 Å². The van der Waals surface area contributed by atoms with Crippen LogP contribution in [0, 0.1) is 0 Å². The van der Waals surface area contributed by atoms with Crippen molar-refractivity contribution in [3.05, 3.63) is 146 Å². The van der Waals surface area contributed by atoms with Gasteiger partial charge in [-0.05, 0) is 96.3 Å². The summed E-state index contributed by atoms with van der Waals surface area (Å²) < 4.78 is 17.1. The van der Waals surface area contributed by atoms with Gasteiger partial charge in [0.1, 0.15) is 6.61 Å². The van der Waals surface area contributed by atoms with Gasteiger partial charge in [0, 0.05) is 19.3 Å². The average Bonchev–Trinajstić information content (AvgIpc) is 3.24. The fraction of sp³-hybridized carbons (Fsp3) is 0.509. The molecule has 0 aromatic rings. The smallest absolute Gasteiger partial charge is 0.362 e. The number of carbonyl (C=O) groups excluding carboxylic acids is 2. The highest BCUT2D eigenvalue weighted by atomic mass is 16.6. The van der Waals surface area contributed by atoms with Crippen molar-refractivity contribution in [3.63, 3.8) is 0 Å². The third-order valence-electron chi connectivity index (χ3n) is 9.25. The highest BCUT2D eigenvalue weighted by Gasteiger charge is 2.31. The molecule has 0 aliphatic carbocycles. The van der Waals surface area contributed by atoms with E-state index in [1.54, 1.807) is 0 Å². The molecule has 0 spiro atoms. The van der Waals surface area contributed by atoms with E-state index < -0.39 is 24.1 Å². The molecular formula is C55H84NO7+. The van der Waals surface area contributed by atoms with Gasteiger partial charge in [-0.15, -0.1) is 0 Å². The van der Waals surface area contributed by atoms with E-state index in [1.165, 1.54) is 0 Å². The topological polar surface area (TPSA) is 99.1 Å². The van der Waals surface area contributed by atoms with Crippen molar-refractivity contribution in [2.24, 2.45) is 0 Å². The number of nitrogens with zero attached hydrogens (tertiary/aromatic N) is 1.